The Labute approximate surface area is 134 Å². The molecule has 5 heteroatoms. The number of carboxylic acid groups (broad SMARTS) is 2. The average molecular weight is 313 g/mol. The van der Waals surface area contributed by atoms with Crippen LogP contribution in [-0.4, -0.2) is 22.2 Å². The molecule has 128 valence electrons. The number of nitriles is 1. The van der Waals surface area contributed by atoms with Gasteiger partial charge in [0.05, 0.1) is 12.0 Å². The van der Waals surface area contributed by atoms with E-state index in [9.17, 15) is 9.59 Å². The Balaban J connectivity index is 0. The van der Waals surface area contributed by atoms with E-state index in [1.165, 1.54) is 0 Å². The molecule has 0 unspecified atom stereocenters. The van der Waals surface area contributed by atoms with E-state index < -0.39 is 17.4 Å². The quantitative estimate of drug-likeness (QED) is 0.620. The highest BCUT2D eigenvalue weighted by molar-refractivity contribution is 5.77. The van der Waals surface area contributed by atoms with Gasteiger partial charge in [-0.15, -0.1) is 0 Å². The highest BCUT2D eigenvalue weighted by atomic mass is 16.4. The number of carboxylic acids is 2. The second kappa shape index (κ2) is 13.1. The SMILES string of the molecule is CCCC(C#N)(CCC)C(=O)O.CCCC(CCC)C(=O)O. The minimum Gasteiger partial charge on any atom is -0.481 e. The van der Waals surface area contributed by atoms with Crippen molar-refractivity contribution in [3.8, 4) is 6.07 Å². The molecule has 2 N–H and O–H groups in total. The molecule has 0 saturated heterocycles. The first-order valence-corrected chi connectivity index (χ1v) is 8.22. The summed E-state index contributed by atoms with van der Waals surface area (Å²) >= 11 is 0. The fourth-order valence-corrected chi connectivity index (χ4v) is 2.44. The van der Waals surface area contributed by atoms with Crippen LogP contribution in [0.1, 0.15) is 79.1 Å². The van der Waals surface area contributed by atoms with Gasteiger partial charge in [-0.25, -0.2) is 0 Å². The smallest absolute Gasteiger partial charge is 0.324 e. The number of hydrogen-bond donors (Lipinski definition) is 2. The van der Waals surface area contributed by atoms with Crippen molar-refractivity contribution in [2.45, 2.75) is 79.1 Å². The molecule has 5 nitrogen and oxygen atoms in total. The number of nitrogens with zero attached hydrogens (tertiary/aromatic N) is 1. The third-order valence-electron chi connectivity index (χ3n) is 3.60. The lowest BCUT2D eigenvalue weighted by Crippen LogP contribution is -2.28. The molecule has 22 heavy (non-hydrogen) atoms. The molecule has 0 atom stereocenters. The van der Waals surface area contributed by atoms with Crippen LogP contribution in [0.5, 0.6) is 0 Å². The maximum atomic E-state index is 10.8. The average Bonchev–Trinajstić information content (AvgIpc) is 2.47. The van der Waals surface area contributed by atoms with Crippen LogP contribution in [-0.2, 0) is 9.59 Å². The van der Waals surface area contributed by atoms with E-state index in [1.807, 2.05) is 33.8 Å². The summed E-state index contributed by atoms with van der Waals surface area (Å²) in [4.78, 5) is 21.3. The largest absolute Gasteiger partial charge is 0.481 e. The lowest BCUT2D eigenvalue weighted by molar-refractivity contribution is -0.146. The maximum absolute atomic E-state index is 10.8. The summed E-state index contributed by atoms with van der Waals surface area (Å²) < 4.78 is 0. The van der Waals surface area contributed by atoms with Gasteiger partial charge in [-0.1, -0.05) is 53.4 Å². The molecule has 0 aliphatic rings. The van der Waals surface area contributed by atoms with E-state index >= 15 is 0 Å². The van der Waals surface area contributed by atoms with Gasteiger partial charge in [0.2, 0.25) is 0 Å². The van der Waals surface area contributed by atoms with Gasteiger partial charge in [0.25, 0.3) is 0 Å². The predicted octanol–water partition coefficient (Wildman–Crippen LogP) is 4.47. The zero-order valence-electron chi connectivity index (χ0n) is 14.4. The fraction of sp³-hybridized carbons (Fsp3) is 0.824. The van der Waals surface area contributed by atoms with Gasteiger partial charge in [-0.05, 0) is 25.7 Å². The molecule has 0 rings (SSSR count). The van der Waals surface area contributed by atoms with Crippen molar-refractivity contribution < 1.29 is 19.8 Å². The van der Waals surface area contributed by atoms with Gasteiger partial charge in [0.15, 0.2) is 5.41 Å². The van der Waals surface area contributed by atoms with E-state index in [4.69, 9.17) is 15.5 Å². The predicted molar refractivity (Wildman–Crippen MR) is 86.4 cm³/mol. The maximum Gasteiger partial charge on any atom is 0.324 e. The lowest BCUT2D eigenvalue weighted by Gasteiger charge is -2.19. The number of aliphatic carboxylic acids is 2. The molecule has 0 fully saturated rings. The molecular weight excluding hydrogens is 282 g/mol. The van der Waals surface area contributed by atoms with Crippen LogP contribution in [0.2, 0.25) is 0 Å². The molecule has 0 heterocycles. The Hall–Kier alpha value is -1.57. The third kappa shape index (κ3) is 8.66. The molecule has 0 aromatic rings. The summed E-state index contributed by atoms with van der Waals surface area (Å²) in [7, 11) is 0. The van der Waals surface area contributed by atoms with Crippen LogP contribution < -0.4 is 0 Å². The molecule has 0 radical (unpaired) electrons. The number of carbonyl (C=O) groups is 2. The number of rotatable bonds is 10. The van der Waals surface area contributed by atoms with E-state index in [2.05, 4.69) is 0 Å². The van der Waals surface area contributed by atoms with Gasteiger partial charge >= 0.3 is 11.9 Å². The Kier molecular flexibility index (Phi) is 13.5. The van der Waals surface area contributed by atoms with Gasteiger partial charge in [-0.2, -0.15) is 5.26 Å². The Morgan fingerprint density at radius 2 is 1.36 bits per heavy atom. The van der Waals surface area contributed by atoms with Crippen molar-refractivity contribution >= 4 is 11.9 Å². The van der Waals surface area contributed by atoms with Crippen molar-refractivity contribution in [1.29, 1.82) is 5.26 Å². The molecule has 0 saturated carbocycles. The standard InChI is InChI=1S/C9H15NO2.C8H16O2/c1-3-5-9(7-10,6-4-2)8(11)12;1-3-5-7(6-4-2)8(9)10/h3-6H2,1-2H3,(H,11,12);7H,3-6H2,1-2H3,(H,9,10). The third-order valence-corrected chi connectivity index (χ3v) is 3.60. The zero-order valence-corrected chi connectivity index (χ0v) is 14.4. The Bertz CT molecular complexity index is 348. The van der Waals surface area contributed by atoms with Crippen molar-refractivity contribution in [2.24, 2.45) is 11.3 Å². The molecule has 0 aliphatic carbocycles. The van der Waals surface area contributed by atoms with Crippen LogP contribution in [0.3, 0.4) is 0 Å². The van der Waals surface area contributed by atoms with Crippen LogP contribution >= 0.6 is 0 Å². The highest BCUT2D eigenvalue weighted by Crippen LogP contribution is 2.29. The van der Waals surface area contributed by atoms with Crippen molar-refractivity contribution in [2.75, 3.05) is 0 Å². The topological polar surface area (TPSA) is 98.4 Å². The first-order chi connectivity index (χ1) is 10.3. The number of hydrogen-bond acceptors (Lipinski definition) is 3. The first kappa shape index (κ1) is 22.7. The van der Waals surface area contributed by atoms with Crippen LogP contribution in [0.4, 0.5) is 0 Å². The van der Waals surface area contributed by atoms with Gasteiger partial charge in [0, 0.05) is 0 Å². The summed E-state index contributed by atoms with van der Waals surface area (Å²) in [6, 6.07) is 1.92. The second-order valence-corrected chi connectivity index (χ2v) is 5.61. The van der Waals surface area contributed by atoms with Crippen molar-refractivity contribution in [3.63, 3.8) is 0 Å². The van der Waals surface area contributed by atoms with Crippen molar-refractivity contribution in [3.05, 3.63) is 0 Å². The minimum atomic E-state index is -1.14. The van der Waals surface area contributed by atoms with E-state index in [0.717, 1.165) is 38.5 Å². The minimum absolute atomic E-state index is 0.102. The molecule has 0 aromatic carbocycles. The zero-order chi connectivity index (χ0) is 17.6. The Morgan fingerprint density at radius 1 is 0.955 bits per heavy atom. The van der Waals surface area contributed by atoms with Gasteiger partial charge in [-0.3, -0.25) is 9.59 Å². The lowest BCUT2D eigenvalue weighted by atomic mass is 9.81. The summed E-state index contributed by atoms with van der Waals surface area (Å²) in [6.45, 7) is 7.83. The molecule has 0 aliphatic heterocycles. The summed E-state index contributed by atoms with van der Waals surface area (Å²) in [5, 5.41) is 26.3. The molecule has 0 aromatic heterocycles. The van der Waals surface area contributed by atoms with Crippen LogP contribution in [0, 0.1) is 22.7 Å². The summed E-state index contributed by atoms with van der Waals surface area (Å²) in [5.74, 6) is -1.72. The van der Waals surface area contributed by atoms with Gasteiger partial charge in [0.1, 0.15) is 0 Å². The summed E-state index contributed by atoms with van der Waals surface area (Å²) in [5.41, 5.74) is -1.14. The van der Waals surface area contributed by atoms with Crippen molar-refractivity contribution in [1.82, 2.24) is 0 Å². The van der Waals surface area contributed by atoms with Crippen LogP contribution in [0.15, 0.2) is 0 Å². The first-order valence-electron chi connectivity index (χ1n) is 8.22. The Morgan fingerprint density at radius 3 is 1.55 bits per heavy atom. The molecule has 0 bridgehead atoms. The molecule has 0 spiro atoms. The second-order valence-electron chi connectivity index (χ2n) is 5.61. The fourth-order valence-electron chi connectivity index (χ4n) is 2.44. The highest BCUT2D eigenvalue weighted by Gasteiger charge is 2.36. The monoisotopic (exact) mass is 313 g/mol. The van der Waals surface area contributed by atoms with Crippen LogP contribution in [0.25, 0.3) is 0 Å². The summed E-state index contributed by atoms with van der Waals surface area (Å²) in [6.07, 6.45) is 5.96. The van der Waals surface area contributed by atoms with E-state index in [0.29, 0.717) is 12.8 Å². The van der Waals surface area contributed by atoms with E-state index in [-0.39, 0.29) is 5.92 Å². The van der Waals surface area contributed by atoms with E-state index in [1.54, 1.807) is 0 Å². The molecule has 0 amide bonds. The normalized spacial score (nSPS) is 10.5. The molecular formula is C17H31NO4. The van der Waals surface area contributed by atoms with Gasteiger partial charge < -0.3 is 10.2 Å².